The fraction of sp³-hybridized carbons (Fsp3) is 0.562. The molecule has 0 N–H and O–H groups in total. The van der Waals surface area contributed by atoms with Gasteiger partial charge in [0.05, 0.1) is 13.2 Å². The summed E-state index contributed by atoms with van der Waals surface area (Å²) in [7, 11) is 0. The Morgan fingerprint density at radius 3 is 2.60 bits per heavy atom. The van der Waals surface area contributed by atoms with Crippen molar-refractivity contribution in [1.29, 1.82) is 0 Å². The summed E-state index contributed by atoms with van der Waals surface area (Å²) in [6.45, 7) is 2.75. The van der Waals surface area contributed by atoms with Gasteiger partial charge in [-0.2, -0.15) is 0 Å². The van der Waals surface area contributed by atoms with Gasteiger partial charge in [-0.1, -0.05) is 30.2 Å². The molecular weight excluding hydrogens is 276 g/mol. The second kappa shape index (κ2) is 7.09. The molecule has 1 saturated heterocycles. The minimum Gasteiger partial charge on any atom is -0.464 e. The number of epoxide rings is 1. The molecule has 0 saturated carbocycles. The number of halogens is 1. The molecule has 110 valence electrons. The Kier molecular flexibility index (Phi) is 5.44. The van der Waals surface area contributed by atoms with Crippen molar-refractivity contribution in [3.63, 3.8) is 0 Å². The lowest BCUT2D eigenvalue weighted by Gasteiger charge is -2.10. The molecule has 3 nitrogen and oxygen atoms in total. The third-order valence-corrected chi connectivity index (χ3v) is 3.85. The smallest absolute Gasteiger partial charge is 0.340 e. The Morgan fingerprint density at radius 1 is 1.30 bits per heavy atom. The molecule has 0 aromatic heterocycles. The van der Waals surface area contributed by atoms with Crippen LogP contribution in [0.4, 0.5) is 0 Å². The Hall–Kier alpha value is -1.06. The third kappa shape index (κ3) is 4.22. The van der Waals surface area contributed by atoms with E-state index in [1.54, 1.807) is 0 Å². The van der Waals surface area contributed by atoms with E-state index in [9.17, 15) is 4.79 Å². The first-order chi connectivity index (χ1) is 9.66. The van der Waals surface area contributed by atoms with Gasteiger partial charge >= 0.3 is 5.97 Å². The predicted octanol–water partition coefficient (Wildman–Crippen LogP) is 3.78. The van der Waals surface area contributed by atoms with E-state index in [-0.39, 0.29) is 5.97 Å². The van der Waals surface area contributed by atoms with Gasteiger partial charge in [-0.15, -0.1) is 0 Å². The standard InChI is InChI=1S/C16H21ClO3/c1-2-19-15(18)16(12-20-16)11-5-3-4-6-13-7-9-14(17)10-8-13/h7-10H,2-6,11-12H2,1H3. The summed E-state index contributed by atoms with van der Waals surface area (Å²) in [5.74, 6) is -0.197. The molecule has 0 bridgehead atoms. The number of aryl methyl sites for hydroxylation is 1. The van der Waals surface area contributed by atoms with Gasteiger partial charge in [0.15, 0.2) is 5.60 Å². The number of esters is 1. The molecule has 0 amide bonds. The van der Waals surface area contributed by atoms with Crippen LogP contribution in [0.2, 0.25) is 5.02 Å². The maximum Gasteiger partial charge on any atom is 0.340 e. The summed E-state index contributed by atoms with van der Waals surface area (Å²) >= 11 is 5.85. The molecule has 1 aliphatic heterocycles. The molecule has 0 radical (unpaired) electrons. The number of hydrogen-bond donors (Lipinski definition) is 0. The third-order valence-electron chi connectivity index (χ3n) is 3.60. The van der Waals surface area contributed by atoms with Crippen molar-refractivity contribution >= 4 is 17.6 Å². The topological polar surface area (TPSA) is 38.8 Å². The highest BCUT2D eigenvalue weighted by atomic mass is 35.5. The largest absolute Gasteiger partial charge is 0.464 e. The first-order valence-corrected chi connectivity index (χ1v) is 7.60. The zero-order valence-electron chi connectivity index (χ0n) is 11.9. The Morgan fingerprint density at radius 2 is 2.00 bits per heavy atom. The first kappa shape index (κ1) is 15.3. The van der Waals surface area contributed by atoms with Gasteiger partial charge in [0.2, 0.25) is 0 Å². The summed E-state index contributed by atoms with van der Waals surface area (Å²) in [5.41, 5.74) is 0.688. The maximum atomic E-state index is 11.7. The number of carbonyl (C=O) groups excluding carboxylic acids is 1. The minimum atomic E-state index is -0.615. The zero-order chi connectivity index (χ0) is 14.4. The summed E-state index contributed by atoms with van der Waals surface area (Å²) in [6, 6.07) is 7.97. The van der Waals surface area contributed by atoms with Gasteiger partial charge < -0.3 is 9.47 Å². The molecule has 1 heterocycles. The normalized spacial score (nSPS) is 20.7. The van der Waals surface area contributed by atoms with Crippen LogP contribution in [0.5, 0.6) is 0 Å². The van der Waals surface area contributed by atoms with Crippen LogP contribution in [0.1, 0.15) is 38.2 Å². The van der Waals surface area contributed by atoms with E-state index in [0.717, 1.165) is 37.1 Å². The molecule has 1 fully saturated rings. The van der Waals surface area contributed by atoms with E-state index in [0.29, 0.717) is 13.2 Å². The van der Waals surface area contributed by atoms with E-state index in [2.05, 4.69) is 12.1 Å². The second-order valence-corrected chi connectivity index (χ2v) is 5.63. The van der Waals surface area contributed by atoms with Gasteiger partial charge in [-0.25, -0.2) is 4.79 Å². The number of benzene rings is 1. The van der Waals surface area contributed by atoms with Crippen LogP contribution in [-0.4, -0.2) is 24.8 Å². The number of unbranched alkanes of at least 4 members (excludes halogenated alkanes) is 2. The summed E-state index contributed by atoms with van der Waals surface area (Å²) < 4.78 is 10.3. The molecule has 1 aliphatic rings. The van der Waals surface area contributed by atoms with E-state index >= 15 is 0 Å². The van der Waals surface area contributed by atoms with E-state index in [1.807, 2.05) is 19.1 Å². The van der Waals surface area contributed by atoms with Gasteiger partial charge in [0.25, 0.3) is 0 Å². The highest BCUT2D eigenvalue weighted by molar-refractivity contribution is 6.30. The van der Waals surface area contributed by atoms with Crippen LogP contribution >= 0.6 is 11.6 Å². The van der Waals surface area contributed by atoms with Crippen LogP contribution < -0.4 is 0 Å². The van der Waals surface area contributed by atoms with Gasteiger partial charge in [-0.05, 0) is 50.3 Å². The molecular formula is C16H21ClO3. The lowest BCUT2D eigenvalue weighted by Crippen LogP contribution is -2.27. The van der Waals surface area contributed by atoms with E-state index in [1.165, 1.54) is 5.56 Å². The molecule has 1 unspecified atom stereocenters. The Balaban J connectivity index is 1.62. The van der Waals surface area contributed by atoms with Crippen molar-refractivity contribution < 1.29 is 14.3 Å². The van der Waals surface area contributed by atoms with Crippen LogP contribution in [0.3, 0.4) is 0 Å². The molecule has 0 spiro atoms. The van der Waals surface area contributed by atoms with Crippen molar-refractivity contribution in [2.24, 2.45) is 0 Å². The highest BCUT2D eigenvalue weighted by Gasteiger charge is 2.52. The molecule has 1 aromatic carbocycles. The fourth-order valence-corrected chi connectivity index (χ4v) is 2.41. The van der Waals surface area contributed by atoms with Gasteiger partial charge in [0.1, 0.15) is 0 Å². The second-order valence-electron chi connectivity index (χ2n) is 5.19. The average Bonchev–Trinajstić information content (AvgIpc) is 3.22. The molecule has 20 heavy (non-hydrogen) atoms. The van der Waals surface area contributed by atoms with Crippen LogP contribution in [0.25, 0.3) is 0 Å². The highest BCUT2D eigenvalue weighted by Crippen LogP contribution is 2.34. The number of carbonyl (C=O) groups is 1. The van der Waals surface area contributed by atoms with Crippen LogP contribution in [0.15, 0.2) is 24.3 Å². The Labute approximate surface area is 125 Å². The molecule has 1 atom stereocenters. The van der Waals surface area contributed by atoms with Gasteiger partial charge in [-0.3, -0.25) is 0 Å². The summed E-state index contributed by atoms with van der Waals surface area (Å²) in [4.78, 5) is 11.7. The summed E-state index contributed by atoms with van der Waals surface area (Å²) in [6.07, 6.45) is 5.01. The fourth-order valence-electron chi connectivity index (χ4n) is 2.28. The van der Waals surface area contributed by atoms with Gasteiger partial charge in [0, 0.05) is 5.02 Å². The number of hydrogen-bond acceptors (Lipinski definition) is 3. The van der Waals surface area contributed by atoms with E-state index in [4.69, 9.17) is 21.1 Å². The minimum absolute atomic E-state index is 0.197. The SMILES string of the molecule is CCOC(=O)C1(CCCCCc2ccc(Cl)cc2)CO1. The number of ether oxygens (including phenoxy) is 2. The van der Waals surface area contributed by atoms with Crippen molar-refractivity contribution in [3.8, 4) is 0 Å². The van der Waals surface area contributed by atoms with Crippen LogP contribution in [-0.2, 0) is 20.7 Å². The monoisotopic (exact) mass is 296 g/mol. The average molecular weight is 297 g/mol. The van der Waals surface area contributed by atoms with Crippen molar-refractivity contribution in [3.05, 3.63) is 34.9 Å². The van der Waals surface area contributed by atoms with Crippen LogP contribution in [0, 0.1) is 0 Å². The first-order valence-electron chi connectivity index (χ1n) is 7.22. The molecule has 1 aromatic rings. The maximum absolute atomic E-state index is 11.7. The lowest BCUT2D eigenvalue weighted by atomic mass is 10.0. The molecule has 4 heteroatoms. The molecule has 2 rings (SSSR count). The lowest BCUT2D eigenvalue weighted by molar-refractivity contribution is -0.149. The van der Waals surface area contributed by atoms with Crippen molar-refractivity contribution in [1.82, 2.24) is 0 Å². The zero-order valence-corrected chi connectivity index (χ0v) is 12.6. The van der Waals surface area contributed by atoms with Crippen molar-refractivity contribution in [2.45, 2.75) is 44.6 Å². The molecule has 0 aliphatic carbocycles. The number of rotatable bonds is 8. The summed E-state index contributed by atoms with van der Waals surface area (Å²) in [5, 5.41) is 0.774. The van der Waals surface area contributed by atoms with E-state index < -0.39 is 5.60 Å². The Bertz CT molecular complexity index is 438. The quantitative estimate of drug-likeness (QED) is 0.416. The van der Waals surface area contributed by atoms with Crippen molar-refractivity contribution in [2.75, 3.05) is 13.2 Å². The predicted molar refractivity (Wildman–Crippen MR) is 78.9 cm³/mol.